The molecule has 1 aromatic rings. The molecule has 0 saturated heterocycles. The average Bonchev–Trinajstić information content (AvgIpc) is 2.58. The molecule has 0 aliphatic heterocycles. The molecular formula is C17H23N3O5. The maximum absolute atomic E-state index is 12.2. The Balaban J connectivity index is 2.59. The van der Waals surface area contributed by atoms with Gasteiger partial charge in [-0.1, -0.05) is 26.0 Å². The average molecular weight is 349 g/mol. The van der Waals surface area contributed by atoms with E-state index in [0.29, 0.717) is 18.6 Å². The zero-order valence-corrected chi connectivity index (χ0v) is 14.4. The van der Waals surface area contributed by atoms with Gasteiger partial charge >= 0.3 is 0 Å². The zero-order valence-electron chi connectivity index (χ0n) is 14.4. The summed E-state index contributed by atoms with van der Waals surface area (Å²) >= 11 is 0. The molecule has 3 N–H and O–H groups in total. The molecule has 0 aliphatic carbocycles. The Labute approximate surface area is 146 Å². The Kier molecular flexibility index (Phi) is 8.11. The SMILES string of the molecule is CC(C)[C@H](NC=O)C(=O)N[C@@H](C)C(=O)Nc1ccc(COC=O)cc1. The molecule has 0 bridgehead atoms. The number of nitrogens with one attached hydrogen (secondary N) is 3. The van der Waals surface area contributed by atoms with Crippen LogP contribution in [0.5, 0.6) is 0 Å². The number of carbonyl (C=O) groups is 4. The van der Waals surface area contributed by atoms with Gasteiger partial charge in [0.05, 0.1) is 0 Å². The first kappa shape index (κ1) is 20.1. The first-order chi connectivity index (χ1) is 11.9. The molecule has 0 aromatic heterocycles. The summed E-state index contributed by atoms with van der Waals surface area (Å²) in [6.07, 6.45) is 0.463. The minimum atomic E-state index is -0.778. The smallest absolute Gasteiger partial charge is 0.293 e. The van der Waals surface area contributed by atoms with Crippen molar-refractivity contribution in [1.29, 1.82) is 0 Å². The van der Waals surface area contributed by atoms with E-state index in [1.807, 2.05) is 0 Å². The Morgan fingerprint density at radius 3 is 2.24 bits per heavy atom. The predicted octanol–water partition coefficient (Wildman–Crippen LogP) is 0.573. The van der Waals surface area contributed by atoms with E-state index in [1.54, 1.807) is 45.0 Å². The van der Waals surface area contributed by atoms with Crippen LogP contribution < -0.4 is 16.0 Å². The first-order valence-corrected chi connectivity index (χ1v) is 7.84. The Hall–Kier alpha value is -2.90. The molecule has 0 fully saturated rings. The van der Waals surface area contributed by atoms with E-state index in [1.165, 1.54) is 0 Å². The molecule has 0 aliphatic rings. The third kappa shape index (κ3) is 6.62. The van der Waals surface area contributed by atoms with Crippen LogP contribution in [0.2, 0.25) is 0 Å². The molecule has 8 nitrogen and oxygen atoms in total. The standard InChI is InChI=1S/C17H23N3O5/c1-11(2)15(18-9-21)17(24)19-12(3)16(23)20-14-6-4-13(5-7-14)8-25-10-22/h4-7,9-12,15H,8H2,1-3H3,(H,18,21)(H,19,24)(H,20,23)/t12-,15-/m0/s1. The summed E-state index contributed by atoms with van der Waals surface area (Å²) in [6.45, 7) is 5.66. The largest absolute Gasteiger partial charge is 0.463 e. The summed E-state index contributed by atoms with van der Waals surface area (Å²) in [4.78, 5) is 45.0. The number of carbonyl (C=O) groups excluding carboxylic acids is 4. The molecule has 1 rings (SSSR count). The van der Waals surface area contributed by atoms with Crippen LogP contribution in [-0.4, -0.2) is 36.8 Å². The quantitative estimate of drug-likeness (QED) is 0.535. The summed E-state index contributed by atoms with van der Waals surface area (Å²) in [5.74, 6) is -0.924. The summed E-state index contributed by atoms with van der Waals surface area (Å²) in [5, 5.41) is 7.69. The van der Waals surface area contributed by atoms with Crippen LogP contribution in [-0.2, 0) is 30.5 Å². The van der Waals surface area contributed by atoms with Gasteiger partial charge in [-0.3, -0.25) is 19.2 Å². The van der Waals surface area contributed by atoms with E-state index in [4.69, 9.17) is 0 Å². The number of amides is 3. The maximum atomic E-state index is 12.2. The fourth-order valence-corrected chi connectivity index (χ4v) is 2.08. The van der Waals surface area contributed by atoms with Gasteiger partial charge in [-0.2, -0.15) is 0 Å². The number of anilines is 1. The summed E-state index contributed by atoms with van der Waals surface area (Å²) in [6, 6.07) is 5.28. The van der Waals surface area contributed by atoms with Gasteiger partial charge in [0.1, 0.15) is 18.7 Å². The fraction of sp³-hybridized carbons (Fsp3) is 0.412. The van der Waals surface area contributed by atoms with Crippen LogP contribution in [0.1, 0.15) is 26.3 Å². The number of hydrogen-bond donors (Lipinski definition) is 3. The minimum Gasteiger partial charge on any atom is -0.463 e. The monoisotopic (exact) mass is 349 g/mol. The highest BCUT2D eigenvalue weighted by molar-refractivity contribution is 5.97. The molecule has 0 unspecified atom stereocenters. The lowest BCUT2D eigenvalue weighted by Crippen LogP contribution is -2.52. The van der Waals surface area contributed by atoms with Crippen molar-refractivity contribution in [3.8, 4) is 0 Å². The molecule has 1 aromatic carbocycles. The lowest BCUT2D eigenvalue weighted by atomic mass is 10.0. The van der Waals surface area contributed by atoms with Crippen LogP contribution in [0.25, 0.3) is 0 Å². The van der Waals surface area contributed by atoms with Crippen LogP contribution in [0.15, 0.2) is 24.3 Å². The molecule has 0 heterocycles. The van der Waals surface area contributed by atoms with Crippen LogP contribution in [0.3, 0.4) is 0 Å². The van der Waals surface area contributed by atoms with Crippen molar-refractivity contribution in [2.75, 3.05) is 5.32 Å². The van der Waals surface area contributed by atoms with Crippen molar-refractivity contribution < 1.29 is 23.9 Å². The highest BCUT2D eigenvalue weighted by atomic mass is 16.5. The van der Waals surface area contributed by atoms with Crippen molar-refractivity contribution in [1.82, 2.24) is 10.6 Å². The number of hydrogen-bond acceptors (Lipinski definition) is 5. The third-order valence-corrected chi connectivity index (χ3v) is 3.49. The van der Waals surface area contributed by atoms with Gasteiger partial charge in [-0.15, -0.1) is 0 Å². The van der Waals surface area contributed by atoms with Crippen molar-refractivity contribution in [2.45, 2.75) is 39.5 Å². The number of benzene rings is 1. The Bertz CT molecular complexity index is 601. The van der Waals surface area contributed by atoms with Crippen LogP contribution in [0, 0.1) is 5.92 Å². The molecule has 0 radical (unpaired) electrons. The normalized spacial score (nSPS) is 12.6. The summed E-state index contributed by atoms with van der Waals surface area (Å²) < 4.78 is 4.64. The van der Waals surface area contributed by atoms with Gasteiger partial charge in [0.2, 0.25) is 18.2 Å². The van der Waals surface area contributed by atoms with E-state index >= 15 is 0 Å². The second-order valence-electron chi connectivity index (χ2n) is 5.83. The van der Waals surface area contributed by atoms with E-state index in [0.717, 1.165) is 5.56 Å². The van der Waals surface area contributed by atoms with Crippen molar-refractivity contribution in [3.63, 3.8) is 0 Å². The molecule has 136 valence electrons. The summed E-state index contributed by atoms with van der Waals surface area (Å²) in [7, 11) is 0. The van der Waals surface area contributed by atoms with Crippen molar-refractivity contribution in [3.05, 3.63) is 29.8 Å². The molecule has 0 spiro atoms. The molecule has 3 amide bonds. The van der Waals surface area contributed by atoms with Crippen LogP contribution >= 0.6 is 0 Å². The van der Waals surface area contributed by atoms with Gasteiger partial charge < -0.3 is 20.7 Å². The van der Waals surface area contributed by atoms with Gasteiger partial charge in [0, 0.05) is 5.69 Å². The fourth-order valence-electron chi connectivity index (χ4n) is 2.08. The Morgan fingerprint density at radius 1 is 1.08 bits per heavy atom. The van der Waals surface area contributed by atoms with Gasteiger partial charge in [0.15, 0.2) is 0 Å². The van der Waals surface area contributed by atoms with Crippen molar-refractivity contribution >= 4 is 30.4 Å². The van der Waals surface area contributed by atoms with Crippen molar-refractivity contribution in [2.24, 2.45) is 5.92 Å². The highest BCUT2D eigenvalue weighted by Crippen LogP contribution is 2.11. The lowest BCUT2D eigenvalue weighted by Gasteiger charge is -2.22. The van der Waals surface area contributed by atoms with E-state index in [2.05, 4.69) is 20.7 Å². The lowest BCUT2D eigenvalue weighted by molar-refractivity contribution is -0.129. The Morgan fingerprint density at radius 2 is 1.72 bits per heavy atom. The van der Waals surface area contributed by atoms with Gasteiger partial charge in [0.25, 0.3) is 6.47 Å². The molecule has 25 heavy (non-hydrogen) atoms. The second kappa shape index (κ2) is 10.1. The molecule has 2 atom stereocenters. The van der Waals surface area contributed by atoms with Crippen LogP contribution in [0.4, 0.5) is 5.69 Å². The first-order valence-electron chi connectivity index (χ1n) is 7.84. The molecule has 0 saturated carbocycles. The maximum Gasteiger partial charge on any atom is 0.293 e. The highest BCUT2D eigenvalue weighted by Gasteiger charge is 2.24. The van der Waals surface area contributed by atoms with E-state index in [9.17, 15) is 19.2 Å². The topological polar surface area (TPSA) is 114 Å². The van der Waals surface area contributed by atoms with Gasteiger partial charge in [-0.05, 0) is 30.5 Å². The number of ether oxygens (including phenoxy) is 1. The van der Waals surface area contributed by atoms with E-state index < -0.39 is 18.0 Å². The summed E-state index contributed by atoms with van der Waals surface area (Å²) in [5.41, 5.74) is 1.33. The third-order valence-electron chi connectivity index (χ3n) is 3.49. The second-order valence-corrected chi connectivity index (χ2v) is 5.83. The molecule has 8 heteroatoms. The van der Waals surface area contributed by atoms with Gasteiger partial charge in [-0.25, -0.2) is 0 Å². The minimum absolute atomic E-state index is 0.110. The molecular weight excluding hydrogens is 326 g/mol. The van der Waals surface area contributed by atoms with E-state index in [-0.39, 0.29) is 18.4 Å². The zero-order chi connectivity index (χ0) is 18.8. The number of rotatable bonds is 10. The predicted molar refractivity (Wildman–Crippen MR) is 91.4 cm³/mol.